The first kappa shape index (κ1) is 9.86. The summed E-state index contributed by atoms with van der Waals surface area (Å²) in [5.41, 5.74) is 1.39. The minimum absolute atomic E-state index is 0.417. The first-order valence-corrected chi connectivity index (χ1v) is 6.47. The molecule has 1 saturated heterocycles. The van der Waals surface area contributed by atoms with Gasteiger partial charge in [0.15, 0.2) is 0 Å². The van der Waals surface area contributed by atoms with Crippen LogP contribution in [-0.2, 0) is 4.84 Å². The Kier molecular flexibility index (Phi) is 1.99. The summed E-state index contributed by atoms with van der Waals surface area (Å²) in [6.45, 7) is 0. The van der Waals surface area contributed by atoms with Gasteiger partial charge in [-0.2, -0.15) is 5.06 Å². The lowest BCUT2D eigenvalue weighted by molar-refractivity contribution is -0.152. The smallest absolute Gasteiger partial charge is 0.0908 e. The van der Waals surface area contributed by atoms with Crippen LogP contribution in [0.1, 0.15) is 18.0 Å². The average Bonchev–Trinajstić information content (AvgIpc) is 3.00. The van der Waals surface area contributed by atoms with Crippen LogP contribution in [0, 0.1) is 17.8 Å². The molecule has 0 unspecified atom stereocenters. The maximum Gasteiger partial charge on any atom is 0.0908 e. The SMILES string of the molecule is CN1O[C@H]2[C@H]([C@H]1c1ccccc1)[C@H]1C=C[C@H]2C1. The molecule has 4 rings (SSSR count). The van der Waals surface area contributed by atoms with Gasteiger partial charge < -0.3 is 0 Å². The fourth-order valence-corrected chi connectivity index (χ4v) is 3.96. The average molecular weight is 227 g/mol. The number of benzene rings is 1. The Bertz CT molecular complexity index is 455. The summed E-state index contributed by atoms with van der Waals surface area (Å²) in [5.74, 6) is 2.03. The third-order valence-corrected chi connectivity index (χ3v) is 4.63. The van der Waals surface area contributed by atoms with E-state index in [0.717, 1.165) is 5.92 Å². The molecule has 1 heterocycles. The Hall–Kier alpha value is -1.12. The van der Waals surface area contributed by atoms with Crippen LogP contribution in [0.25, 0.3) is 0 Å². The van der Waals surface area contributed by atoms with Gasteiger partial charge in [-0.1, -0.05) is 42.5 Å². The molecule has 2 fully saturated rings. The van der Waals surface area contributed by atoms with Gasteiger partial charge in [-0.15, -0.1) is 0 Å². The van der Waals surface area contributed by atoms with E-state index in [1.807, 2.05) is 0 Å². The molecule has 1 aromatic rings. The van der Waals surface area contributed by atoms with Crippen LogP contribution in [0.2, 0.25) is 0 Å². The highest BCUT2D eigenvalue weighted by molar-refractivity contribution is 5.26. The van der Waals surface area contributed by atoms with Crippen molar-refractivity contribution in [3.63, 3.8) is 0 Å². The van der Waals surface area contributed by atoms with E-state index in [2.05, 4.69) is 54.6 Å². The van der Waals surface area contributed by atoms with Crippen molar-refractivity contribution in [2.45, 2.75) is 18.6 Å². The first-order chi connectivity index (χ1) is 8.34. The molecule has 0 aromatic heterocycles. The van der Waals surface area contributed by atoms with Crippen molar-refractivity contribution >= 4 is 0 Å². The molecule has 2 aliphatic carbocycles. The maximum absolute atomic E-state index is 6.07. The molecule has 1 aromatic carbocycles. The van der Waals surface area contributed by atoms with E-state index in [4.69, 9.17) is 4.84 Å². The lowest BCUT2D eigenvalue weighted by Gasteiger charge is -2.25. The number of rotatable bonds is 1. The van der Waals surface area contributed by atoms with Gasteiger partial charge in [0, 0.05) is 18.9 Å². The molecular weight excluding hydrogens is 210 g/mol. The van der Waals surface area contributed by atoms with E-state index >= 15 is 0 Å². The van der Waals surface area contributed by atoms with Crippen molar-refractivity contribution in [1.29, 1.82) is 0 Å². The summed E-state index contributed by atoms with van der Waals surface area (Å²) < 4.78 is 0. The van der Waals surface area contributed by atoms with E-state index in [0.29, 0.717) is 24.0 Å². The van der Waals surface area contributed by atoms with Crippen molar-refractivity contribution in [3.05, 3.63) is 48.0 Å². The number of hydrogen-bond acceptors (Lipinski definition) is 2. The Morgan fingerprint density at radius 1 is 1.12 bits per heavy atom. The van der Waals surface area contributed by atoms with Crippen molar-refractivity contribution in [1.82, 2.24) is 5.06 Å². The molecule has 5 atom stereocenters. The molecule has 0 spiro atoms. The predicted molar refractivity (Wildman–Crippen MR) is 66.0 cm³/mol. The largest absolute Gasteiger partial charge is 0.294 e. The molecular formula is C15H17NO. The molecule has 0 N–H and O–H groups in total. The van der Waals surface area contributed by atoms with Gasteiger partial charge in [0.2, 0.25) is 0 Å². The van der Waals surface area contributed by atoms with Crippen molar-refractivity contribution < 1.29 is 4.84 Å². The first-order valence-electron chi connectivity index (χ1n) is 6.47. The van der Waals surface area contributed by atoms with Gasteiger partial charge in [0.1, 0.15) is 0 Å². The quantitative estimate of drug-likeness (QED) is 0.684. The summed E-state index contributed by atoms with van der Waals surface area (Å²) in [7, 11) is 2.08. The van der Waals surface area contributed by atoms with E-state index in [1.165, 1.54) is 12.0 Å². The summed E-state index contributed by atoms with van der Waals surface area (Å²) in [6.07, 6.45) is 6.48. The van der Waals surface area contributed by atoms with E-state index in [9.17, 15) is 0 Å². The molecule has 2 heteroatoms. The number of hydroxylamine groups is 2. The molecule has 2 nitrogen and oxygen atoms in total. The second kappa shape index (κ2) is 3.44. The van der Waals surface area contributed by atoms with Gasteiger partial charge in [-0.3, -0.25) is 4.84 Å². The minimum Gasteiger partial charge on any atom is -0.294 e. The summed E-state index contributed by atoms with van der Waals surface area (Å²) >= 11 is 0. The zero-order valence-corrected chi connectivity index (χ0v) is 9.99. The molecule has 1 saturated carbocycles. The van der Waals surface area contributed by atoms with Crippen LogP contribution in [0.3, 0.4) is 0 Å². The lowest BCUT2D eigenvalue weighted by atomic mass is 9.82. The Morgan fingerprint density at radius 3 is 2.71 bits per heavy atom. The van der Waals surface area contributed by atoms with Gasteiger partial charge in [-0.05, 0) is 17.9 Å². The Labute approximate surface area is 102 Å². The monoisotopic (exact) mass is 227 g/mol. The van der Waals surface area contributed by atoms with Crippen LogP contribution in [0.15, 0.2) is 42.5 Å². The second-order valence-corrected chi connectivity index (χ2v) is 5.50. The lowest BCUT2D eigenvalue weighted by Crippen LogP contribution is -2.24. The fraction of sp³-hybridized carbons (Fsp3) is 0.467. The van der Waals surface area contributed by atoms with Crippen molar-refractivity contribution in [2.75, 3.05) is 7.05 Å². The molecule has 1 aliphatic heterocycles. The molecule has 3 aliphatic rings. The number of allylic oxidation sites excluding steroid dienone is 1. The van der Waals surface area contributed by atoms with E-state index in [1.54, 1.807) is 0 Å². The summed E-state index contributed by atoms with van der Waals surface area (Å²) in [4.78, 5) is 6.07. The van der Waals surface area contributed by atoms with Crippen LogP contribution in [0.4, 0.5) is 0 Å². The maximum atomic E-state index is 6.07. The molecule has 17 heavy (non-hydrogen) atoms. The van der Waals surface area contributed by atoms with Gasteiger partial charge in [-0.25, -0.2) is 0 Å². The van der Waals surface area contributed by atoms with Crippen molar-refractivity contribution in [3.8, 4) is 0 Å². The topological polar surface area (TPSA) is 12.5 Å². The summed E-state index contributed by atoms with van der Waals surface area (Å²) in [6, 6.07) is 11.2. The number of hydrogen-bond donors (Lipinski definition) is 0. The fourth-order valence-electron chi connectivity index (χ4n) is 3.96. The third-order valence-electron chi connectivity index (χ3n) is 4.63. The zero-order chi connectivity index (χ0) is 11.4. The summed E-state index contributed by atoms with van der Waals surface area (Å²) in [5, 5.41) is 2.08. The molecule has 88 valence electrons. The Morgan fingerprint density at radius 2 is 1.88 bits per heavy atom. The second-order valence-electron chi connectivity index (χ2n) is 5.50. The van der Waals surface area contributed by atoms with Crippen LogP contribution in [-0.4, -0.2) is 18.2 Å². The number of nitrogens with zero attached hydrogens (tertiary/aromatic N) is 1. The molecule has 0 radical (unpaired) electrons. The van der Waals surface area contributed by atoms with Crippen LogP contribution < -0.4 is 0 Å². The van der Waals surface area contributed by atoms with E-state index < -0.39 is 0 Å². The zero-order valence-electron chi connectivity index (χ0n) is 9.99. The van der Waals surface area contributed by atoms with E-state index in [-0.39, 0.29) is 0 Å². The highest BCUT2D eigenvalue weighted by Crippen LogP contribution is 2.55. The normalized spacial score (nSPS) is 43.2. The minimum atomic E-state index is 0.417. The number of fused-ring (bicyclic) bond motifs is 5. The van der Waals surface area contributed by atoms with Crippen molar-refractivity contribution in [2.24, 2.45) is 17.8 Å². The predicted octanol–water partition coefficient (Wildman–Crippen LogP) is 2.80. The third kappa shape index (κ3) is 1.28. The molecule has 0 amide bonds. The van der Waals surface area contributed by atoms with Crippen LogP contribution in [0.5, 0.6) is 0 Å². The molecule has 2 bridgehead atoms. The highest BCUT2D eigenvalue weighted by atomic mass is 16.7. The van der Waals surface area contributed by atoms with Gasteiger partial charge >= 0.3 is 0 Å². The van der Waals surface area contributed by atoms with Gasteiger partial charge in [0.25, 0.3) is 0 Å². The Balaban J connectivity index is 1.74. The standard InChI is InChI=1S/C15H17NO/c1-16-14(10-5-3-2-4-6-10)13-11-7-8-12(9-11)15(13)17-16/h2-8,11-15H,9H2,1H3/t11-,12-,13-,14+,15+/m0/s1. The highest BCUT2D eigenvalue weighted by Gasteiger charge is 2.55. The van der Waals surface area contributed by atoms with Gasteiger partial charge in [0.05, 0.1) is 12.1 Å². The van der Waals surface area contributed by atoms with Crippen LogP contribution >= 0.6 is 0 Å².